The van der Waals surface area contributed by atoms with Crippen molar-refractivity contribution in [2.75, 3.05) is 6.54 Å². The van der Waals surface area contributed by atoms with E-state index in [0.29, 0.717) is 19.4 Å². The number of hydrogen-bond donors (Lipinski definition) is 2. The van der Waals surface area contributed by atoms with Gasteiger partial charge in [-0.3, -0.25) is 0 Å². The standard InChI is InChI=1S/C11H16F2N2/c12-11(13)5-3-10(8-14,4-6-11)9-2-1-7-15-9/h1-2,7,15H,3-6,8,14H2. The van der Waals surface area contributed by atoms with Gasteiger partial charge in [-0.2, -0.15) is 0 Å². The minimum absolute atomic E-state index is 0.0524. The Balaban J connectivity index is 2.19. The number of nitrogens with one attached hydrogen (secondary N) is 1. The average Bonchev–Trinajstić information content (AvgIpc) is 2.72. The number of aromatic nitrogens is 1. The molecular formula is C11H16F2N2. The Morgan fingerprint density at radius 3 is 2.40 bits per heavy atom. The highest BCUT2D eigenvalue weighted by molar-refractivity contribution is 5.20. The molecule has 4 heteroatoms. The summed E-state index contributed by atoms with van der Waals surface area (Å²) in [7, 11) is 0. The van der Waals surface area contributed by atoms with Crippen LogP contribution in [0.4, 0.5) is 8.78 Å². The zero-order chi connectivity index (χ0) is 10.9. The molecule has 0 spiro atoms. The second kappa shape index (κ2) is 3.59. The van der Waals surface area contributed by atoms with Crippen molar-refractivity contribution in [2.24, 2.45) is 5.73 Å². The smallest absolute Gasteiger partial charge is 0.248 e. The molecule has 0 unspecified atom stereocenters. The van der Waals surface area contributed by atoms with E-state index in [0.717, 1.165) is 5.69 Å². The summed E-state index contributed by atoms with van der Waals surface area (Å²) in [4.78, 5) is 3.10. The van der Waals surface area contributed by atoms with Crippen LogP contribution in [0.5, 0.6) is 0 Å². The third-order valence-electron chi connectivity index (χ3n) is 3.50. The normalized spacial score (nSPS) is 23.9. The summed E-state index contributed by atoms with van der Waals surface area (Å²) >= 11 is 0. The van der Waals surface area contributed by atoms with Gasteiger partial charge in [-0.1, -0.05) is 0 Å². The first-order chi connectivity index (χ1) is 7.08. The molecule has 0 atom stereocenters. The van der Waals surface area contributed by atoms with Crippen LogP contribution < -0.4 is 5.73 Å². The summed E-state index contributed by atoms with van der Waals surface area (Å²) in [5.41, 5.74) is 6.49. The number of hydrogen-bond acceptors (Lipinski definition) is 1. The van der Waals surface area contributed by atoms with Gasteiger partial charge in [-0.15, -0.1) is 0 Å². The molecule has 15 heavy (non-hydrogen) atoms. The highest BCUT2D eigenvalue weighted by Crippen LogP contribution is 2.44. The molecule has 1 aromatic rings. The Bertz CT molecular complexity index is 309. The van der Waals surface area contributed by atoms with E-state index >= 15 is 0 Å². The van der Waals surface area contributed by atoms with Crippen molar-refractivity contribution in [3.8, 4) is 0 Å². The number of aromatic amines is 1. The minimum atomic E-state index is -2.49. The lowest BCUT2D eigenvalue weighted by atomic mass is 9.71. The quantitative estimate of drug-likeness (QED) is 0.780. The lowest BCUT2D eigenvalue weighted by Crippen LogP contribution is -2.42. The maximum atomic E-state index is 13.1. The van der Waals surface area contributed by atoms with Crippen LogP contribution in [0.15, 0.2) is 18.3 Å². The van der Waals surface area contributed by atoms with E-state index in [2.05, 4.69) is 4.98 Å². The zero-order valence-corrected chi connectivity index (χ0v) is 8.60. The van der Waals surface area contributed by atoms with E-state index in [-0.39, 0.29) is 18.3 Å². The number of H-pyrrole nitrogens is 1. The summed E-state index contributed by atoms with van der Waals surface area (Å²) in [6, 6.07) is 3.83. The number of rotatable bonds is 2. The maximum Gasteiger partial charge on any atom is 0.248 e. The summed E-state index contributed by atoms with van der Waals surface area (Å²) in [6.45, 7) is 0.434. The highest BCUT2D eigenvalue weighted by atomic mass is 19.3. The minimum Gasteiger partial charge on any atom is -0.364 e. The molecule has 0 aliphatic heterocycles. The number of halogens is 2. The first kappa shape index (κ1) is 10.6. The molecule has 1 heterocycles. The summed E-state index contributed by atoms with van der Waals surface area (Å²) in [6.07, 6.45) is 2.65. The first-order valence-corrected chi connectivity index (χ1v) is 5.30. The van der Waals surface area contributed by atoms with Crippen LogP contribution in [0, 0.1) is 0 Å². The van der Waals surface area contributed by atoms with E-state index in [1.54, 1.807) is 0 Å². The average molecular weight is 214 g/mol. The molecule has 0 bridgehead atoms. The molecule has 1 aliphatic rings. The van der Waals surface area contributed by atoms with Crippen LogP contribution in [0.2, 0.25) is 0 Å². The molecule has 1 aliphatic carbocycles. The summed E-state index contributed by atoms with van der Waals surface area (Å²) in [5, 5.41) is 0. The van der Waals surface area contributed by atoms with Gasteiger partial charge in [-0.25, -0.2) is 8.78 Å². The van der Waals surface area contributed by atoms with Crippen molar-refractivity contribution >= 4 is 0 Å². The third kappa shape index (κ3) is 1.91. The SMILES string of the molecule is NCC1(c2ccc[nH]2)CCC(F)(F)CC1. The molecule has 1 aromatic heterocycles. The molecule has 3 N–H and O–H groups in total. The molecule has 0 radical (unpaired) electrons. The van der Waals surface area contributed by atoms with Crippen molar-refractivity contribution in [1.29, 1.82) is 0 Å². The third-order valence-corrected chi connectivity index (χ3v) is 3.50. The van der Waals surface area contributed by atoms with Gasteiger partial charge >= 0.3 is 0 Å². The van der Waals surface area contributed by atoms with Crippen molar-refractivity contribution < 1.29 is 8.78 Å². The van der Waals surface area contributed by atoms with E-state index in [4.69, 9.17) is 5.73 Å². The van der Waals surface area contributed by atoms with E-state index in [1.165, 1.54) is 0 Å². The number of nitrogens with two attached hydrogens (primary N) is 1. The van der Waals surface area contributed by atoms with Crippen LogP contribution in [-0.2, 0) is 5.41 Å². The predicted molar refractivity (Wildman–Crippen MR) is 54.9 cm³/mol. The maximum absolute atomic E-state index is 13.1. The highest BCUT2D eigenvalue weighted by Gasteiger charge is 2.43. The summed E-state index contributed by atoms with van der Waals surface area (Å²) in [5.74, 6) is -2.49. The molecule has 0 amide bonds. The van der Waals surface area contributed by atoms with Gasteiger partial charge < -0.3 is 10.7 Å². The van der Waals surface area contributed by atoms with Crippen molar-refractivity contribution in [3.63, 3.8) is 0 Å². The van der Waals surface area contributed by atoms with Gasteiger partial charge in [0, 0.05) is 36.7 Å². The monoisotopic (exact) mass is 214 g/mol. The molecule has 1 fully saturated rings. The van der Waals surface area contributed by atoms with Crippen LogP contribution in [0.25, 0.3) is 0 Å². The van der Waals surface area contributed by atoms with Crippen LogP contribution >= 0.6 is 0 Å². The Kier molecular flexibility index (Phi) is 2.54. The van der Waals surface area contributed by atoms with Gasteiger partial charge in [0.15, 0.2) is 0 Å². The Morgan fingerprint density at radius 2 is 1.93 bits per heavy atom. The fourth-order valence-electron chi connectivity index (χ4n) is 2.34. The topological polar surface area (TPSA) is 41.8 Å². The van der Waals surface area contributed by atoms with E-state index in [1.807, 2.05) is 18.3 Å². The van der Waals surface area contributed by atoms with Gasteiger partial charge in [0.1, 0.15) is 0 Å². The fraction of sp³-hybridized carbons (Fsp3) is 0.636. The fourth-order valence-corrected chi connectivity index (χ4v) is 2.34. The Labute approximate surface area is 87.9 Å². The van der Waals surface area contributed by atoms with Crippen molar-refractivity contribution in [2.45, 2.75) is 37.0 Å². The predicted octanol–water partition coefficient (Wildman–Crippen LogP) is 2.42. The Hall–Kier alpha value is -0.900. The largest absolute Gasteiger partial charge is 0.364 e. The van der Waals surface area contributed by atoms with Crippen LogP contribution in [0.3, 0.4) is 0 Å². The molecule has 0 aromatic carbocycles. The second-order valence-electron chi connectivity index (χ2n) is 4.42. The first-order valence-electron chi connectivity index (χ1n) is 5.30. The van der Waals surface area contributed by atoms with Crippen molar-refractivity contribution in [1.82, 2.24) is 4.98 Å². The molecular weight excluding hydrogens is 198 g/mol. The van der Waals surface area contributed by atoms with Gasteiger partial charge in [0.2, 0.25) is 5.92 Å². The summed E-state index contributed by atoms with van der Waals surface area (Å²) < 4.78 is 26.1. The van der Waals surface area contributed by atoms with Gasteiger partial charge in [-0.05, 0) is 25.0 Å². The molecule has 84 valence electrons. The molecule has 2 rings (SSSR count). The van der Waals surface area contributed by atoms with Crippen LogP contribution in [-0.4, -0.2) is 17.5 Å². The molecule has 2 nitrogen and oxygen atoms in total. The Morgan fingerprint density at radius 1 is 1.27 bits per heavy atom. The van der Waals surface area contributed by atoms with E-state index in [9.17, 15) is 8.78 Å². The van der Waals surface area contributed by atoms with Crippen molar-refractivity contribution in [3.05, 3.63) is 24.0 Å². The van der Waals surface area contributed by atoms with Gasteiger partial charge in [0.05, 0.1) is 0 Å². The molecule has 1 saturated carbocycles. The van der Waals surface area contributed by atoms with E-state index < -0.39 is 5.92 Å². The second-order valence-corrected chi connectivity index (χ2v) is 4.42. The zero-order valence-electron chi connectivity index (χ0n) is 8.60. The van der Waals surface area contributed by atoms with Crippen LogP contribution in [0.1, 0.15) is 31.4 Å². The lowest BCUT2D eigenvalue weighted by molar-refractivity contribution is -0.0513. The molecule has 0 saturated heterocycles. The lowest BCUT2D eigenvalue weighted by Gasteiger charge is -2.38. The number of alkyl halides is 2. The van der Waals surface area contributed by atoms with Gasteiger partial charge in [0.25, 0.3) is 0 Å².